The first kappa shape index (κ1) is 16.2. The number of rotatable bonds is 3. The Bertz CT molecular complexity index is 1410. The first-order chi connectivity index (χ1) is 16.2. The van der Waals surface area contributed by atoms with Gasteiger partial charge in [-0.15, -0.1) is 0 Å². The molecule has 0 atom stereocenters. The van der Waals surface area contributed by atoms with Gasteiger partial charge in [-0.3, -0.25) is 9.89 Å². The highest BCUT2D eigenvalue weighted by Crippen LogP contribution is 2.27. The number of H-pyrrole nitrogens is 1. The summed E-state index contributed by atoms with van der Waals surface area (Å²) in [6.07, 6.45) is 0. The minimum atomic E-state index is -2.62. The van der Waals surface area contributed by atoms with Crippen LogP contribution in [0.3, 0.4) is 0 Å². The lowest BCUT2D eigenvalue weighted by atomic mass is 10.1. The molecule has 7 nitrogen and oxygen atoms in total. The SMILES string of the molecule is [2H]C([2H])([2H])c1cccc(F)c1-n1nc2c(-c3ccc(N4CCN(C)CC4)cc3)n[nH]c2cc1=O. The predicted octanol–water partition coefficient (Wildman–Crippen LogP) is 2.98. The van der Waals surface area contributed by atoms with E-state index in [1.807, 2.05) is 24.3 Å². The smallest absolute Gasteiger partial charge is 0.273 e. The van der Waals surface area contributed by atoms with Crippen LogP contribution in [0.2, 0.25) is 0 Å². The molecule has 3 heterocycles. The molecule has 0 bridgehead atoms. The fourth-order valence-electron chi connectivity index (χ4n) is 3.87. The van der Waals surface area contributed by atoms with Crippen molar-refractivity contribution in [1.82, 2.24) is 24.9 Å². The summed E-state index contributed by atoms with van der Waals surface area (Å²) in [7, 11) is 2.11. The Hall–Kier alpha value is -3.52. The van der Waals surface area contributed by atoms with Crippen molar-refractivity contribution in [3.63, 3.8) is 0 Å². The highest BCUT2D eigenvalue weighted by Gasteiger charge is 2.18. The summed E-state index contributed by atoms with van der Waals surface area (Å²) in [6, 6.07) is 12.8. The van der Waals surface area contributed by atoms with E-state index in [1.54, 1.807) is 0 Å². The zero-order chi connectivity index (χ0) is 24.0. The monoisotopic (exact) mass is 421 g/mol. The summed E-state index contributed by atoms with van der Waals surface area (Å²) in [5.41, 5.74) is 1.75. The van der Waals surface area contributed by atoms with Crippen LogP contribution in [0.15, 0.2) is 53.3 Å². The standard InChI is InChI=1S/C23H23FN6O/c1-15-4-3-5-18(24)23(15)30-20(31)14-19-22(27-30)21(26-25-19)16-6-8-17(9-7-16)29-12-10-28(2)11-13-29/h3-9,14,25H,10-13H2,1-2H3/i1D3. The number of nitrogens with one attached hydrogen (secondary N) is 1. The minimum absolute atomic E-state index is 0.289. The van der Waals surface area contributed by atoms with Crippen LogP contribution in [-0.2, 0) is 0 Å². The van der Waals surface area contributed by atoms with Gasteiger partial charge in [0.15, 0.2) is 0 Å². The maximum Gasteiger partial charge on any atom is 0.273 e. The molecule has 1 aliphatic rings. The molecule has 0 unspecified atom stereocenters. The molecule has 1 saturated heterocycles. The van der Waals surface area contributed by atoms with E-state index in [4.69, 9.17) is 4.11 Å². The van der Waals surface area contributed by atoms with Crippen molar-refractivity contribution >= 4 is 16.7 Å². The molecule has 0 spiro atoms. The van der Waals surface area contributed by atoms with Crippen molar-refractivity contribution in [1.29, 1.82) is 0 Å². The fraction of sp³-hybridized carbons (Fsp3) is 0.261. The van der Waals surface area contributed by atoms with Crippen LogP contribution in [0.5, 0.6) is 0 Å². The topological polar surface area (TPSA) is 70.1 Å². The molecule has 0 amide bonds. The van der Waals surface area contributed by atoms with Gasteiger partial charge in [0.1, 0.15) is 22.7 Å². The number of fused-ring (bicyclic) bond motifs is 1. The molecular formula is C23H23FN6O. The van der Waals surface area contributed by atoms with Crippen molar-refractivity contribution in [2.45, 2.75) is 6.85 Å². The summed E-state index contributed by atoms with van der Waals surface area (Å²) in [5.74, 6) is -0.843. The highest BCUT2D eigenvalue weighted by molar-refractivity contribution is 5.89. The predicted molar refractivity (Wildman–Crippen MR) is 119 cm³/mol. The second kappa shape index (κ2) is 7.63. The van der Waals surface area contributed by atoms with Crippen molar-refractivity contribution < 1.29 is 8.50 Å². The lowest BCUT2D eigenvalue weighted by Crippen LogP contribution is -2.44. The van der Waals surface area contributed by atoms with E-state index in [0.29, 0.717) is 16.7 Å². The third kappa shape index (κ3) is 3.48. The molecule has 1 aliphatic heterocycles. The number of hydrogen-bond acceptors (Lipinski definition) is 5. The van der Waals surface area contributed by atoms with Gasteiger partial charge < -0.3 is 9.80 Å². The van der Waals surface area contributed by atoms with E-state index in [-0.39, 0.29) is 11.3 Å². The summed E-state index contributed by atoms with van der Waals surface area (Å²) >= 11 is 0. The Balaban J connectivity index is 1.58. The van der Waals surface area contributed by atoms with Gasteiger partial charge in [0.25, 0.3) is 5.56 Å². The van der Waals surface area contributed by atoms with Crippen LogP contribution in [0.4, 0.5) is 10.1 Å². The van der Waals surface area contributed by atoms with E-state index < -0.39 is 18.2 Å². The number of likely N-dealkylation sites (N-methyl/N-ethyl adjacent to an activating group) is 1. The number of benzene rings is 2. The molecule has 0 saturated carbocycles. The Morgan fingerprint density at radius 2 is 1.87 bits per heavy atom. The van der Waals surface area contributed by atoms with Crippen molar-refractivity contribution in [3.05, 3.63) is 70.3 Å². The third-order valence-electron chi connectivity index (χ3n) is 5.65. The molecule has 4 aromatic rings. The maximum absolute atomic E-state index is 14.8. The van der Waals surface area contributed by atoms with E-state index in [9.17, 15) is 9.18 Å². The van der Waals surface area contributed by atoms with Gasteiger partial charge in [-0.1, -0.05) is 24.3 Å². The molecule has 8 heteroatoms. The fourth-order valence-corrected chi connectivity index (χ4v) is 3.87. The molecule has 31 heavy (non-hydrogen) atoms. The number of aryl methyl sites for hydroxylation is 1. The number of para-hydroxylation sites is 1. The van der Waals surface area contributed by atoms with Crippen LogP contribution < -0.4 is 10.5 Å². The lowest BCUT2D eigenvalue weighted by Gasteiger charge is -2.34. The van der Waals surface area contributed by atoms with Gasteiger partial charge in [-0.2, -0.15) is 14.9 Å². The summed E-state index contributed by atoms with van der Waals surface area (Å²) < 4.78 is 38.8. The minimum Gasteiger partial charge on any atom is -0.369 e. The number of aromatic nitrogens is 4. The number of halogens is 1. The van der Waals surface area contributed by atoms with E-state index in [2.05, 4.69) is 32.1 Å². The average Bonchev–Trinajstić information content (AvgIpc) is 3.21. The van der Waals surface area contributed by atoms with Gasteiger partial charge in [0.05, 0.1) is 5.52 Å². The van der Waals surface area contributed by atoms with Crippen molar-refractivity contribution in [3.8, 4) is 16.9 Å². The van der Waals surface area contributed by atoms with Gasteiger partial charge in [0, 0.05) is 47.6 Å². The molecule has 1 fully saturated rings. The van der Waals surface area contributed by atoms with E-state index in [1.165, 1.54) is 18.2 Å². The summed E-state index contributed by atoms with van der Waals surface area (Å²) in [4.78, 5) is 17.4. The van der Waals surface area contributed by atoms with Gasteiger partial charge >= 0.3 is 0 Å². The molecule has 1 N–H and O–H groups in total. The normalized spacial score (nSPS) is 16.8. The summed E-state index contributed by atoms with van der Waals surface area (Å²) in [6.45, 7) is 1.28. The number of hydrogen-bond donors (Lipinski definition) is 1. The Labute approximate surface area is 182 Å². The first-order valence-electron chi connectivity index (χ1n) is 11.5. The third-order valence-corrected chi connectivity index (χ3v) is 5.65. The molecule has 158 valence electrons. The second-order valence-electron chi connectivity index (χ2n) is 7.70. The van der Waals surface area contributed by atoms with Crippen molar-refractivity contribution in [2.75, 3.05) is 38.1 Å². The molecule has 0 radical (unpaired) electrons. The van der Waals surface area contributed by atoms with Gasteiger partial charge in [-0.05, 0) is 37.7 Å². The van der Waals surface area contributed by atoms with E-state index in [0.717, 1.165) is 48.2 Å². The zero-order valence-corrected chi connectivity index (χ0v) is 17.0. The largest absolute Gasteiger partial charge is 0.369 e. The number of anilines is 1. The molecule has 2 aromatic carbocycles. The molecule has 5 rings (SSSR count). The summed E-state index contributed by atoms with van der Waals surface area (Å²) in [5, 5.41) is 11.5. The van der Waals surface area contributed by atoms with Crippen LogP contribution in [0.1, 0.15) is 9.68 Å². The average molecular weight is 421 g/mol. The Morgan fingerprint density at radius 3 is 2.61 bits per heavy atom. The van der Waals surface area contributed by atoms with Gasteiger partial charge in [0.2, 0.25) is 0 Å². The Kier molecular flexibility index (Phi) is 3.99. The lowest BCUT2D eigenvalue weighted by molar-refractivity contribution is 0.313. The van der Waals surface area contributed by atoms with Crippen molar-refractivity contribution in [2.24, 2.45) is 0 Å². The zero-order valence-electron chi connectivity index (χ0n) is 20.0. The van der Waals surface area contributed by atoms with Gasteiger partial charge in [-0.25, -0.2) is 4.39 Å². The first-order valence-corrected chi connectivity index (χ1v) is 10.0. The number of nitrogens with zero attached hydrogens (tertiary/aromatic N) is 5. The molecule has 2 aromatic heterocycles. The van der Waals surface area contributed by atoms with Crippen LogP contribution in [0.25, 0.3) is 28.0 Å². The maximum atomic E-state index is 14.8. The molecular weight excluding hydrogens is 395 g/mol. The second-order valence-corrected chi connectivity index (χ2v) is 7.70. The van der Waals surface area contributed by atoms with Crippen LogP contribution in [-0.4, -0.2) is 58.1 Å². The van der Waals surface area contributed by atoms with E-state index >= 15 is 0 Å². The molecule has 0 aliphatic carbocycles. The highest BCUT2D eigenvalue weighted by atomic mass is 19.1. The Morgan fingerprint density at radius 1 is 1.10 bits per heavy atom. The quantitative estimate of drug-likeness (QED) is 0.551. The van der Waals surface area contributed by atoms with Crippen LogP contribution >= 0.6 is 0 Å². The van der Waals surface area contributed by atoms with Crippen LogP contribution in [0, 0.1) is 12.7 Å². The number of aromatic amines is 1. The number of piperazine rings is 1.